The highest BCUT2D eigenvalue weighted by molar-refractivity contribution is 7.80. The van der Waals surface area contributed by atoms with E-state index < -0.39 is 0 Å². The molecule has 1 aromatic carbocycles. The molecule has 98 valence electrons. The van der Waals surface area contributed by atoms with Crippen LogP contribution in [0.5, 0.6) is 5.75 Å². The highest BCUT2D eigenvalue weighted by Crippen LogP contribution is 2.23. The van der Waals surface area contributed by atoms with Crippen LogP contribution < -0.4 is 10.5 Å². The average Bonchev–Trinajstić information content (AvgIpc) is 2.41. The maximum atomic E-state index is 5.83. The number of hydrogen-bond donors (Lipinski definition) is 1. The van der Waals surface area contributed by atoms with Crippen molar-refractivity contribution >= 4 is 17.2 Å². The van der Waals surface area contributed by atoms with Crippen molar-refractivity contribution in [3.63, 3.8) is 0 Å². The van der Waals surface area contributed by atoms with Crippen LogP contribution >= 0.6 is 12.2 Å². The van der Waals surface area contributed by atoms with E-state index in [0.717, 1.165) is 29.0 Å². The van der Waals surface area contributed by atoms with Gasteiger partial charge < -0.3 is 10.5 Å². The molecule has 2 aromatic rings. The van der Waals surface area contributed by atoms with Crippen molar-refractivity contribution < 1.29 is 4.74 Å². The lowest BCUT2D eigenvalue weighted by atomic mass is 10.1. The maximum absolute atomic E-state index is 5.83. The summed E-state index contributed by atoms with van der Waals surface area (Å²) < 4.78 is 5.83. The number of thiocarbonyl (C=S) groups is 1. The van der Waals surface area contributed by atoms with Gasteiger partial charge in [-0.1, -0.05) is 30.4 Å². The molecule has 0 fully saturated rings. The molecule has 0 spiro atoms. The largest absolute Gasteiger partial charge is 0.492 e. The third-order valence-electron chi connectivity index (χ3n) is 2.81. The summed E-state index contributed by atoms with van der Waals surface area (Å²) in [6, 6.07) is 11.6. The van der Waals surface area contributed by atoms with Crippen LogP contribution in [0.3, 0.4) is 0 Å². The molecule has 4 heteroatoms. The Morgan fingerprint density at radius 1 is 1.26 bits per heavy atom. The second-order valence-electron chi connectivity index (χ2n) is 4.24. The zero-order valence-corrected chi connectivity index (χ0v) is 11.6. The van der Waals surface area contributed by atoms with Crippen LogP contribution in [0.4, 0.5) is 0 Å². The Labute approximate surface area is 118 Å². The van der Waals surface area contributed by atoms with Gasteiger partial charge in [-0.2, -0.15) is 0 Å². The minimum Gasteiger partial charge on any atom is -0.492 e. The smallest absolute Gasteiger partial charge is 0.132 e. The van der Waals surface area contributed by atoms with Crippen LogP contribution in [0.15, 0.2) is 42.6 Å². The molecule has 0 radical (unpaired) electrons. The monoisotopic (exact) mass is 272 g/mol. The van der Waals surface area contributed by atoms with Gasteiger partial charge in [0.2, 0.25) is 0 Å². The molecular weight excluding hydrogens is 256 g/mol. The standard InChI is InChI=1S/C15H16N2OS/c1-11-5-4-7-13(15(16)19)14(11)18-10-8-12-6-2-3-9-17-12/h2-7,9H,8,10H2,1H3,(H2,16,19). The fraction of sp³-hybridized carbons (Fsp3) is 0.200. The quantitative estimate of drug-likeness (QED) is 0.850. The number of nitrogens with zero attached hydrogens (tertiary/aromatic N) is 1. The van der Waals surface area contributed by atoms with Gasteiger partial charge in [-0.25, -0.2) is 0 Å². The van der Waals surface area contributed by atoms with Gasteiger partial charge in [0.15, 0.2) is 0 Å². The summed E-state index contributed by atoms with van der Waals surface area (Å²) in [7, 11) is 0. The Morgan fingerprint density at radius 3 is 2.79 bits per heavy atom. The van der Waals surface area contributed by atoms with Gasteiger partial charge in [-0.15, -0.1) is 0 Å². The van der Waals surface area contributed by atoms with Crippen molar-refractivity contribution in [1.29, 1.82) is 0 Å². The molecule has 0 saturated carbocycles. The number of rotatable bonds is 5. The first-order chi connectivity index (χ1) is 9.18. The lowest BCUT2D eigenvalue weighted by molar-refractivity contribution is 0.318. The predicted molar refractivity (Wildman–Crippen MR) is 80.5 cm³/mol. The van der Waals surface area contributed by atoms with Gasteiger partial charge in [0.1, 0.15) is 10.7 Å². The molecule has 0 aliphatic carbocycles. The van der Waals surface area contributed by atoms with Crippen molar-refractivity contribution in [3.05, 3.63) is 59.4 Å². The van der Waals surface area contributed by atoms with Crippen molar-refractivity contribution in [2.45, 2.75) is 13.3 Å². The Hall–Kier alpha value is -1.94. The molecule has 1 heterocycles. The van der Waals surface area contributed by atoms with E-state index in [1.54, 1.807) is 6.20 Å². The van der Waals surface area contributed by atoms with Gasteiger partial charge in [0.05, 0.1) is 12.2 Å². The predicted octanol–water partition coefficient (Wildman–Crippen LogP) is 2.65. The van der Waals surface area contributed by atoms with Crippen LogP contribution in [0.1, 0.15) is 16.8 Å². The minimum atomic E-state index is 0.358. The number of ether oxygens (including phenoxy) is 1. The van der Waals surface area contributed by atoms with Gasteiger partial charge in [0.25, 0.3) is 0 Å². The van der Waals surface area contributed by atoms with Crippen molar-refractivity contribution in [2.24, 2.45) is 5.73 Å². The Balaban J connectivity index is 2.05. The molecule has 0 amide bonds. The number of pyridine rings is 1. The summed E-state index contributed by atoms with van der Waals surface area (Å²) in [5.74, 6) is 0.769. The summed E-state index contributed by atoms with van der Waals surface area (Å²) in [6.07, 6.45) is 2.54. The molecule has 0 bridgehead atoms. The fourth-order valence-corrected chi connectivity index (χ4v) is 2.00. The topological polar surface area (TPSA) is 48.1 Å². The molecule has 0 saturated heterocycles. The van der Waals surface area contributed by atoms with Crippen LogP contribution in [0.25, 0.3) is 0 Å². The van der Waals surface area contributed by atoms with E-state index in [1.807, 2.05) is 43.3 Å². The second-order valence-corrected chi connectivity index (χ2v) is 4.68. The van der Waals surface area contributed by atoms with Crippen molar-refractivity contribution in [2.75, 3.05) is 6.61 Å². The maximum Gasteiger partial charge on any atom is 0.132 e. The van der Waals surface area contributed by atoms with Crippen LogP contribution in [0, 0.1) is 6.92 Å². The van der Waals surface area contributed by atoms with Crippen molar-refractivity contribution in [3.8, 4) is 5.75 Å². The molecule has 3 nitrogen and oxygen atoms in total. The number of aromatic nitrogens is 1. The molecule has 2 N–H and O–H groups in total. The molecular formula is C15H16N2OS. The zero-order chi connectivity index (χ0) is 13.7. The summed E-state index contributed by atoms with van der Waals surface area (Å²) in [5.41, 5.74) is 8.53. The SMILES string of the molecule is Cc1cccc(C(N)=S)c1OCCc1ccccn1. The third kappa shape index (κ3) is 3.51. The van der Waals surface area contributed by atoms with Gasteiger partial charge in [-0.05, 0) is 30.7 Å². The number of hydrogen-bond acceptors (Lipinski definition) is 3. The highest BCUT2D eigenvalue weighted by Gasteiger charge is 2.09. The fourth-order valence-electron chi connectivity index (χ4n) is 1.84. The third-order valence-corrected chi connectivity index (χ3v) is 3.03. The Kier molecular flexibility index (Phi) is 4.47. The Bertz CT molecular complexity index is 570. The molecule has 19 heavy (non-hydrogen) atoms. The summed E-state index contributed by atoms with van der Waals surface area (Å²) in [5, 5.41) is 0. The molecule has 0 atom stereocenters. The van der Waals surface area contributed by atoms with E-state index in [0.29, 0.717) is 11.6 Å². The number of benzene rings is 1. The molecule has 0 aliphatic rings. The lowest BCUT2D eigenvalue weighted by Gasteiger charge is -2.13. The summed E-state index contributed by atoms with van der Waals surface area (Å²) in [6.45, 7) is 2.54. The van der Waals surface area contributed by atoms with Crippen LogP contribution in [0.2, 0.25) is 0 Å². The average molecular weight is 272 g/mol. The molecule has 1 aromatic heterocycles. The van der Waals surface area contributed by atoms with Crippen LogP contribution in [-0.2, 0) is 6.42 Å². The number of nitrogens with two attached hydrogens (primary N) is 1. The van der Waals surface area contributed by atoms with Gasteiger partial charge in [-0.3, -0.25) is 4.98 Å². The lowest BCUT2D eigenvalue weighted by Crippen LogP contribution is -2.13. The van der Waals surface area contributed by atoms with E-state index in [1.165, 1.54) is 0 Å². The number of aryl methyl sites for hydroxylation is 1. The zero-order valence-electron chi connectivity index (χ0n) is 10.8. The van der Waals surface area contributed by atoms with Gasteiger partial charge in [0, 0.05) is 18.3 Å². The minimum absolute atomic E-state index is 0.358. The normalized spacial score (nSPS) is 10.2. The number of para-hydroxylation sites is 1. The van der Waals surface area contributed by atoms with Crippen LogP contribution in [-0.4, -0.2) is 16.6 Å². The van der Waals surface area contributed by atoms with E-state index in [9.17, 15) is 0 Å². The summed E-state index contributed by atoms with van der Waals surface area (Å²) in [4.78, 5) is 4.62. The van der Waals surface area contributed by atoms with E-state index in [-0.39, 0.29) is 0 Å². The Morgan fingerprint density at radius 2 is 2.11 bits per heavy atom. The van der Waals surface area contributed by atoms with E-state index in [4.69, 9.17) is 22.7 Å². The molecule has 0 aliphatic heterocycles. The van der Waals surface area contributed by atoms with E-state index in [2.05, 4.69) is 4.98 Å². The first-order valence-electron chi connectivity index (χ1n) is 6.10. The highest BCUT2D eigenvalue weighted by atomic mass is 32.1. The van der Waals surface area contributed by atoms with Gasteiger partial charge >= 0.3 is 0 Å². The first-order valence-corrected chi connectivity index (χ1v) is 6.51. The molecule has 2 rings (SSSR count). The van der Waals surface area contributed by atoms with Crippen molar-refractivity contribution in [1.82, 2.24) is 4.98 Å². The summed E-state index contributed by atoms with van der Waals surface area (Å²) >= 11 is 5.04. The van der Waals surface area contributed by atoms with E-state index >= 15 is 0 Å². The molecule has 0 unspecified atom stereocenters. The second kappa shape index (κ2) is 6.29. The first kappa shape index (κ1) is 13.5.